The first-order chi connectivity index (χ1) is 17.1. The van der Waals surface area contributed by atoms with Crippen LogP contribution in [0.1, 0.15) is 23.7 Å². The number of hydrazine groups is 1. The third-order valence-corrected chi connectivity index (χ3v) is 6.03. The Morgan fingerprint density at radius 2 is 1.81 bits per heavy atom. The average Bonchev–Trinajstić information content (AvgIpc) is 2.87. The molecule has 9 heteroatoms. The Balaban J connectivity index is 1.80. The van der Waals surface area contributed by atoms with E-state index in [4.69, 9.17) is 22.0 Å². The molecule has 188 valence electrons. The van der Waals surface area contributed by atoms with Crippen molar-refractivity contribution < 1.29 is 18.7 Å². The molecule has 7 N–H and O–H groups in total. The van der Waals surface area contributed by atoms with Gasteiger partial charge in [-0.3, -0.25) is 14.6 Å². The van der Waals surface area contributed by atoms with Gasteiger partial charge < -0.3 is 21.5 Å². The molecule has 0 aliphatic heterocycles. The first-order valence-electron chi connectivity index (χ1n) is 11.2. The van der Waals surface area contributed by atoms with Gasteiger partial charge in [0.15, 0.2) is 0 Å². The number of allylic oxidation sites excluding steroid dienone is 3. The number of anilines is 1. The van der Waals surface area contributed by atoms with Gasteiger partial charge in [-0.1, -0.05) is 49.9 Å². The molecule has 2 amide bonds. The van der Waals surface area contributed by atoms with Crippen molar-refractivity contribution in [2.45, 2.75) is 13.3 Å². The van der Waals surface area contributed by atoms with E-state index in [1.165, 1.54) is 25.3 Å². The van der Waals surface area contributed by atoms with E-state index in [2.05, 4.69) is 11.9 Å². The molecule has 0 saturated heterocycles. The van der Waals surface area contributed by atoms with E-state index >= 15 is 0 Å². The van der Waals surface area contributed by atoms with Gasteiger partial charge in [-0.25, -0.2) is 10.2 Å². The van der Waals surface area contributed by atoms with Gasteiger partial charge in [0.1, 0.15) is 17.4 Å². The van der Waals surface area contributed by atoms with Gasteiger partial charge in [-0.2, -0.15) is 0 Å². The molecule has 0 aromatic heterocycles. The number of hydrogen-bond acceptors (Lipinski definition) is 6. The highest BCUT2D eigenvalue weighted by Gasteiger charge is 2.25. The SMILES string of the molecule is C=C(C1=CC=C(CNC(=O)c2ccccc2OC)C(C)C1)/C(C(N)=O)=C(/N)N(N)c1ccccc1F. The number of methoxy groups -OCH3 is 1. The lowest BCUT2D eigenvalue weighted by molar-refractivity contribution is -0.114. The lowest BCUT2D eigenvalue weighted by atomic mass is 9.83. The molecule has 0 radical (unpaired) electrons. The largest absolute Gasteiger partial charge is 0.496 e. The number of amides is 2. The number of primary amides is 1. The molecule has 0 fully saturated rings. The van der Waals surface area contributed by atoms with Gasteiger partial charge in [0.2, 0.25) is 0 Å². The first kappa shape index (κ1) is 26.2. The monoisotopic (exact) mass is 491 g/mol. The Morgan fingerprint density at radius 1 is 1.14 bits per heavy atom. The zero-order valence-corrected chi connectivity index (χ0v) is 20.3. The van der Waals surface area contributed by atoms with Crippen molar-refractivity contribution in [3.63, 3.8) is 0 Å². The molecule has 0 heterocycles. The first-order valence-corrected chi connectivity index (χ1v) is 11.2. The van der Waals surface area contributed by atoms with Crippen LogP contribution in [0.25, 0.3) is 0 Å². The molecule has 1 atom stereocenters. The van der Waals surface area contributed by atoms with Crippen LogP contribution in [0.2, 0.25) is 0 Å². The second-order valence-electron chi connectivity index (χ2n) is 8.35. The lowest BCUT2D eigenvalue weighted by Gasteiger charge is -2.26. The van der Waals surface area contributed by atoms with E-state index in [0.717, 1.165) is 16.2 Å². The number of nitrogens with two attached hydrogens (primary N) is 3. The average molecular weight is 492 g/mol. The maximum atomic E-state index is 14.2. The van der Waals surface area contributed by atoms with E-state index in [0.29, 0.717) is 29.9 Å². The van der Waals surface area contributed by atoms with Crippen LogP contribution < -0.4 is 32.4 Å². The Bertz CT molecular complexity index is 1280. The summed E-state index contributed by atoms with van der Waals surface area (Å²) in [6.45, 7) is 6.34. The van der Waals surface area contributed by atoms with Crippen LogP contribution in [0.15, 0.2) is 95.4 Å². The van der Waals surface area contributed by atoms with Crippen LogP contribution in [0.3, 0.4) is 0 Å². The standard InChI is InChI=1S/C27H30FN5O3/c1-16-14-18(12-13-19(16)15-32-27(35)20-8-4-7-11-23(20)36-3)17(2)24(26(30)34)25(29)33(31)22-10-6-5-9-21(22)28/h4-13,16H,2,14-15,29,31H2,1,3H3,(H2,30,34)(H,32,35)/b25-24+. The lowest BCUT2D eigenvalue weighted by Crippen LogP contribution is -2.38. The van der Waals surface area contributed by atoms with Gasteiger partial charge in [0.25, 0.3) is 11.8 Å². The fraction of sp³-hybridized carbons (Fsp3) is 0.185. The summed E-state index contributed by atoms with van der Waals surface area (Å²) in [6.07, 6.45) is 4.18. The molecule has 1 unspecified atom stereocenters. The highest BCUT2D eigenvalue weighted by molar-refractivity contribution is 5.99. The molecular formula is C27H30FN5O3. The summed E-state index contributed by atoms with van der Waals surface area (Å²) in [5, 5.41) is 3.79. The van der Waals surface area contributed by atoms with Crippen molar-refractivity contribution in [1.29, 1.82) is 0 Å². The Hall–Kier alpha value is -4.37. The minimum Gasteiger partial charge on any atom is -0.496 e. The molecule has 0 spiro atoms. The number of benzene rings is 2. The number of carbonyl (C=O) groups excluding carboxylic acids is 2. The fourth-order valence-electron chi connectivity index (χ4n) is 3.96. The molecule has 36 heavy (non-hydrogen) atoms. The molecule has 0 saturated carbocycles. The third kappa shape index (κ3) is 5.64. The maximum absolute atomic E-state index is 14.2. The number of nitrogens with zero attached hydrogens (tertiary/aromatic N) is 1. The zero-order valence-electron chi connectivity index (χ0n) is 20.3. The topological polar surface area (TPSA) is 137 Å². The Morgan fingerprint density at radius 3 is 2.44 bits per heavy atom. The molecule has 8 nitrogen and oxygen atoms in total. The van der Waals surface area contributed by atoms with Gasteiger partial charge in [-0.05, 0) is 53.3 Å². The van der Waals surface area contributed by atoms with Crippen LogP contribution in [0.4, 0.5) is 10.1 Å². The van der Waals surface area contributed by atoms with Crippen LogP contribution in [-0.4, -0.2) is 25.5 Å². The normalized spacial score (nSPS) is 15.7. The second-order valence-corrected chi connectivity index (χ2v) is 8.35. The quantitative estimate of drug-likeness (QED) is 0.184. The van der Waals surface area contributed by atoms with Crippen molar-refractivity contribution in [2.24, 2.45) is 23.2 Å². The van der Waals surface area contributed by atoms with E-state index in [9.17, 15) is 14.0 Å². The summed E-state index contributed by atoms with van der Waals surface area (Å²) >= 11 is 0. The molecule has 2 aromatic rings. The van der Waals surface area contributed by atoms with Crippen LogP contribution in [0.5, 0.6) is 5.75 Å². The number of rotatable bonds is 9. The minimum atomic E-state index is -0.836. The smallest absolute Gasteiger partial charge is 0.255 e. The summed E-state index contributed by atoms with van der Waals surface area (Å²) in [4.78, 5) is 24.9. The highest BCUT2D eigenvalue weighted by Crippen LogP contribution is 2.32. The van der Waals surface area contributed by atoms with Crippen molar-refractivity contribution in [3.05, 3.63) is 107 Å². The van der Waals surface area contributed by atoms with Gasteiger partial charge in [-0.15, -0.1) is 0 Å². The highest BCUT2D eigenvalue weighted by atomic mass is 19.1. The fourth-order valence-corrected chi connectivity index (χ4v) is 3.96. The van der Waals surface area contributed by atoms with Gasteiger partial charge >= 0.3 is 0 Å². The third-order valence-electron chi connectivity index (χ3n) is 6.03. The summed E-state index contributed by atoms with van der Waals surface area (Å²) < 4.78 is 19.5. The van der Waals surface area contributed by atoms with Gasteiger partial charge in [0, 0.05) is 6.54 Å². The maximum Gasteiger partial charge on any atom is 0.255 e. The van der Waals surface area contributed by atoms with E-state index in [1.54, 1.807) is 36.4 Å². The molecule has 1 aliphatic rings. The van der Waals surface area contributed by atoms with Crippen molar-refractivity contribution >= 4 is 17.5 Å². The van der Waals surface area contributed by atoms with Crippen molar-refractivity contribution in [3.8, 4) is 5.75 Å². The van der Waals surface area contributed by atoms with Gasteiger partial charge in [0.05, 0.1) is 23.9 Å². The summed E-state index contributed by atoms with van der Waals surface area (Å²) in [5.41, 5.74) is 14.1. The van der Waals surface area contributed by atoms with Crippen molar-refractivity contribution in [2.75, 3.05) is 18.7 Å². The van der Waals surface area contributed by atoms with Crippen LogP contribution in [0, 0.1) is 11.7 Å². The summed E-state index contributed by atoms with van der Waals surface area (Å²) in [5.74, 6) is 4.62. The zero-order chi connectivity index (χ0) is 26.4. The van der Waals surface area contributed by atoms with E-state index < -0.39 is 11.7 Å². The second kappa shape index (κ2) is 11.4. The predicted octanol–water partition coefficient (Wildman–Crippen LogP) is 3.05. The molecule has 1 aliphatic carbocycles. The summed E-state index contributed by atoms with van der Waals surface area (Å²) in [6, 6.07) is 12.7. The number of nitrogens with one attached hydrogen (secondary N) is 1. The van der Waals surface area contributed by atoms with Crippen molar-refractivity contribution in [1.82, 2.24) is 5.32 Å². The predicted molar refractivity (Wildman–Crippen MR) is 138 cm³/mol. The molecule has 2 aromatic carbocycles. The number of para-hydroxylation sites is 2. The number of ether oxygens (including phenoxy) is 1. The number of carbonyl (C=O) groups is 2. The number of halogens is 1. The Kier molecular flexibility index (Phi) is 8.29. The van der Waals surface area contributed by atoms with Crippen LogP contribution >= 0.6 is 0 Å². The van der Waals surface area contributed by atoms with Crippen LogP contribution in [-0.2, 0) is 4.79 Å². The molecular weight excluding hydrogens is 461 g/mol. The summed E-state index contributed by atoms with van der Waals surface area (Å²) in [7, 11) is 1.51. The minimum absolute atomic E-state index is 0.0134. The Labute approximate surface area is 209 Å². The number of hydrogen-bond donors (Lipinski definition) is 4. The van der Waals surface area contributed by atoms with E-state index in [1.807, 2.05) is 13.0 Å². The molecule has 3 rings (SSSR count). The van der Waals surface area contributed by atoms with E-state index in [-0.39, 0.29) is 28.9 Å². The molecule has 0 bridgehead atoms.